The van der Waals surface area contributed by atoms with Crippen LogP contribution in [0.1, 0.15) is 40.6 Å². The lowest BCUT2D eigenvalue weighted by Gasteiger charge is -2.12. The number of aromatic nitrogens is 2. The summed E-state index contributed by atoms with van der Waals surface area (Å²) in [5, 5.41) is 11.8. The number of nitrogens with zero attached hydrogens (tertiary/aromatic N) is 2. The van der Waals surface area contributed by atoms with E-state index in [2.05, 4.69) is 9.97 Å². The zero-order valence-electron chi connectivity index (χ0n) is 16.2. The fraction of sp³-hybridized carbons (Fsp3) is 0.381. The van der Waals surface area contributed by atoms with Crippen molar-refractivity contribution >= 4 is 44.9 Å². The first-order valence-corrected chi connectivity index (χ1v) is 11.4. The first kappa shape index (κ1) is 20.1. The summed E-state index contributed by atoms with van der Waals surface area (Å²) < 4.78 is 5.60. The average molecular weight is 430 g/mol. The molecule has 29 heavy (non-hydrogen) atoms. The number of fused-ring (bicyclic) bond motifs is 3. The van der Waals surface area contributed by atoms with Crippen molar-refractivity contribution in [3.63, 3.8) is 0 Å². The number of ketones is 1. The lowest BCUT2D eigenvalue weighted by molar-refractivity contribution is 0.101. The molecule has 1 aliphatic carbocycles. The molecule has 1 atom stereocenters. The molecule has 2 heterocycles. The van der Waals surface area contributed by atoms with Crippen molar-refractivity contribution in [3.8, 4) is 5.75 Å². The van der Waals surface area contributed by atoms with Gasteiger partial charge in [0, 0.05) is 16.2 Å². The summed E-state index contributed by atoms with van der Waals surface area (Å²) in [5.74, 6) is 1.57. The molecule has 152 valence electrons. The van der Waals surface area contributed by atoms with Crippen molar-refractivity contribution in [2.75, 3.05) is 18.1 Å². The van der Waals surface area contributed by atoms with Gasteiger partial charge in [0.1, 0.15) is 23.0 Å². The highest BCUT2D eigenvalue weighted by Crippen LogP contribution is 2.38. The third kappa shape index (κ3) is 4.55. The van der Waals surface area contributed by atoms with Gasteiger partial charge in [0.25, 0.3) is 0 Å². The highest BCUT2D eigenvalue weighted by atomic mass is 32.2. The maximum Gasteiger partial charge on any atom is 0.190 e. The number of carbonyl (C=O) groups is 1. The number of hydrogen-bond acceptors (Lipinski definition) is 8. The van der Waals surface area contributed by atoms with E-state index in [4.69, 9.17) is 10.5 Å². The highest BCUT2D eigenvalue weighted by molar-refractivity contribution is 7.99. The molecular formula is C21H23N3O3S2. The first-order chi connectivity index (χ1) is 14.0. The maximum absolute atomic E-state index is 11.3. The van der Waals surface area contributed by atoms with Crippen LogP contribution >= 0.6 is 23.1 Å². The first-order valence-electron chi connectivity index (χ1n) is 9.63. The molecule has 3 aromatic rings. The summed E-state index contributed by atoms with van der Waals surface area (Å²) in [6.45, 7) is 1.67. The van der Waals surface area contributed by atoms with Crippen molar-refractivity contribution in [1.29, 1.82) is 0 Å². The van der Waals surface area contributed by atoms with E-state index in [0.717, 1.165) is 23.1 Å². The van der Waals surface area contributed by atoms with Crippen LogP contribution in [0.25, 0.3) is 10.2 Å². The number of hydrogen-bond donors (Lipinski definition) is 2. The van der Waals surface area contributed by atoms with Crippen molar-refractivity contribution in [2.45, 2.75) is 43.9 Å². The Morgan fingerprint density at radius 1 is 1.28 bits per heavy atom. The van der Waals surface area contributed by atoms with Gasteiger partial charge < -0.3 is 15.6 Å². The van der Waals surface area contributed by atoms with Gasteiger partial charge in [0.2, 0.25) is 0 Å². The fourth-order valence-electron chi connectivity index (χ4n) is 3.43. The fourth-order valence-corrected chi connectivity index (χ4v) is 5.51. The number of thiophene rings is 1. The second-order valence-electron chi connectivity index (χ2n) is 7.14. The molecule has 8 heteroatoms. The van der Waals surface area contributed by atoms with E-state index < -0.39 is 6.10 Å². The third-order valence-corrected chi connectivity index (χ3v) is 7.11. The topological polar surface area (TPSA) is 98.3 Å². The minimum Gasteiger partial charge on any atom is -0.491 e. The summed E-state index contributed by atoms with van der Waals surface area (Å²) in [6.07, 6.45) is 3.89. The smallest absolute Gasteiger partial charge is 0.190 e. The van der Waals surface area contributed by atoms with E-state index in [1.165, 1.54) is 42.0 Å². The number of Topliss-reactive ketones (excluding diaryl/α,β-unsaturated/α-hetero) is 1. The summed E-state index contributed by atoms with van der Waals surface area (Å²) in [7, 11) is 0. The Bertz CT molecular complexity index is 1030. The molecule has 0 fully saturated rings. The van der Waals surface area contributed by atoms with Crippen molar-refractivity contribution in [2.24, 2.45) is 0 Å². The predicted molar refractivity (Wildman–Crippen MR) is 117 cm³/mol. The minimum absolute atomic E-state index is 0.0100. The molecule has 4 rings (SSSR count). The maximum atomic E-state index is 11.3. The SMILES string of the molecule is CC(=O)c1ccc(OCC(O)CSc2nc(N)c3c4c(sc3n2)CCCC4)cc1. The lowest BCUT2D eigenvalue weighted by atomic mass is 9.97. The molecule has 0 amide bonds. The zero-order chi connectivity index (χ0) is 20.4. The quantitative estimate of drug-likeness (QED) is 0.334. The largest absolute Gasteiger partial charge is 0.491 e. The number of carbonyl (C=O) groups excluding carboxylic acids is 1. The molecule has 2 aromatic heterocycles. The number of rotatable bonds is 7. The molecular weight excluding hydrogens is 406 g/mol. The van der Waals surface area contributed by atoms with Gasteiger partial charge in [-0.05, 0) is 62.4 Å². The minimum atomic E-state index is -0.676. The standard InChI is InChI=1S/C21H23N3O3S2/c1-12(25)13-6-8-15(9-7-13)27-10-14(26)11-28-21-23-19(22)18-16-4-2-3-5-17(16)29-20(18)24-21/h6-9,14,26H,2-5,10-11H2,1H3,(H2,22,23,24). The highest BCUT2D eigenvalue weighted by Gasteiger charge is 2.20. The molecule has 3 N–H and O–H groups in total. The number of aliphatic hydroxyl groups excluding tert-OH is 1. The van der Waals surface area contributed by atoms with Crippen LogP contribution in [-0.4, -0.2) is 39.3 Å². The second kappa shape index (κ2) is 8.69. The molecule has 0 radical (unpaired) electrons. The average Bonchev–Trinajstić information content (AvgIpc) is 3.10. The van der Waals surface area contributed by atoms with E-state index in [-0.39, 0.29) is 12.4 Å². The normalized spacial score (nSPS) is 14.6. The second-order valence-corrected chi connectivity index (χ2v) is 9.21. The van der Waals surface area contributed by atoms with Gasteiger partial charge in [-0.2, -0.15) is 0 Å². The van der Waals surface area contributed by atoms with Crippen LogP contribution in [0.5, 0.6) is 5.75 Å². The Morgan fingerprint density at radius 2 is 2.03 bits per heavy atom. The number of aliphatic hydroxyl groups is 1. The molecule has 0 saturated carbocycles. The van der Waals surface area contributed by atoms with Crippen LogP contribution in [0.4, 0.5) is 5.82 Å². The van der Waals surface area contributed by atoms with Gasteiger partial charge in [-0.25, -0.2) is 9.97 Å². The van der Waals surface area contributed by atoms with Crippen LogP contribution in [0.2, 0.25) is 0 Å². The van der Waals surface area contributed by atoms with Crippen molar-refractivity contribution in [1.82, 2.24) is 9.97 Å². The number of benzene rings is 1. The molecule has 1 aromatic carbocycles. The van der Waals surface area contributed by atoms with Crippen LogP contribution < -0.4 is 10.5 Å². The van der Waals surface area contributed by atoms with Crippen LogP contribution in [0.3, 0.4) is 0 Å². The van der Waals surface area contributed by atoms with Crippen LogP contribution in [0, 0.1) is 0 Å². The Kier molecular flexibility index (Phi) is 6.03. The van der Waals surface area contributed by atoms with Crippen LogP contribution in [-0.2, 0) is 12.8 Å². The van der Waals surface area contributed by atoms with Crippen LogP contribution in [0.15, 0.2) is 29.4 Å². The Labute approximate surface area is 177 Å². The predicted octanol–water partition coefficient (Wildman–Crippen LogP) is 3.89. The Hall–Kier alpha value is -2.16. The van der Waals surface area contributed by atoms with Gasteiger partial charge >= 0.3 is 0 Å². The van der Waals surface area contributed by atoms with Gasteiger partial charge in [-0.1, -0.05) is 11.8 Å². The van der Waals surface area contributed by atoms with E-state index in [1.807, 2.05) is 0 Å². The summed E-state index contributed by atoms with van der Waals surface area (Å²) >= 11 is 3.09. The number of nitrogen functional groups attached to an aromatic ring is 1. The van der Waals surface area contributed by atoms with Crippen molar-refractivity contribution in [3.05, 3.63) is 40.3 Å². The van der Waals surface area contributed by atoms with E-state index in [1.54, 1.807) is 35.6 Å². The molecule has 0 spiro atoms. The van der Waals surface area contributed by atoms with Crippen molar-refractivity contribution < 1.29 is 14.6 Å². The summed E-state index contributed by atoms with van der Waals surface area (Å²) in [5.41, 5.74) is 8.19. The number of anilines is 1. The number of nitrogens with two attached hydrogens (primary N) is 1. The van der Waals surface area contributed by atoms with E-state index in [9.17, 15) is 9.90 Å². The zero-order valence-corrected chi connectivity index (χ0v) is 17.8. The molecule has 1 unspecified atom stereocenters. The van der Waals surface area contributed by atoms with Gasteiger partial charge in [0.15, 0.2) is 10.9 Å². The molecule has 0 bridgehead atoms. The molecule has 0 aliphatic heterocycles. The van der Waals surface area contributed by atoms with Gasteiger partial charge in [-0.3, -0.25) is 4.79 Å². The Balaban J connectivity index is 1.35. The van der Waals surface area contributed by atoms with Gasteiger partial charge in [-0.15, -0.1) is 11.3 Å². The Morgan fingerprint density at radius 3 is 2.79 bits per heavy atom. The molecule has 6 nitrogen and oxygen atoms in total. The molecule has 1 aliphatic rings. The van der Waals surface area contributed by atoms with E-state index in [0.29, 0.717) is 28.0 Å². The molecule has 0 saturated heterocycles. The third-order valence-electron chi connectivity index (χ3n) is 4.93. The van der Waals surface area contributed by atoms with E-state index >= 15 is 0 Å². The lowest BCUT2D eigenvalue weighted by Crippen LogP contribution is -2.20. The monoisotopic (exact) mass is 429 g/mol. The summed E-state index contributed by atoms with van der Waals surface area (Å²) in [6, 6.07) is 6.89. The van der Waals surface area contributed by atoms with Gasteiger partial charge in [0.05, 0.1) is 11.5 Å². The number of thioether (sulfide) groups is 1. The number of ether oxygens (including phenoxy) is 1. The number of aryl methyl sites for hydroxylation is 2. The summed E-state index contributed by atoms with van der Waals surface area (Å²) in [4.78, 5) is 22.8.